The highest BCUT2D eigenvalue weighted by atomic mass is 16.5. The molecule has 19 heavy (non-hydrogen) atoms. The van der Waals surface area contributed by atoms with E-state index < -0.39 is 0 Å². The van der Waals surface area contributed by atoms with Crippen molar-refractivity contribution in [2.45, 2.75) is 89.7 Å². The van der Waals surface area contributed by atoms with Crippen molar-refractivity contribution in [2.24, 2.45) is 5.92 Å². The lowest BCUT2D eigenvalue weighted by Gasteiger charge is -2.32. The first-order valence-corrected chi connectivity index (χ1v) is 8.65. The van der Waals surface area contributed by atoms with Gasteiger partial charge in [0.05, 0.1) is 12.2 Å². The molecule has 0 radical (unpaired) electrons. The Bertz CT molecular complexity index is 244. The van der Waals surface area contributed by atoms with E-state index in [2.05, 4.69) is 19.2 Å². The van der Waals surface area contributed by atoms with Crippen molar-refractivity contribution in [3.63, 3.8) is 0 Å². The predicted molar refractivity (Wildman–Crippen MR) is 81.5 cm³/mol. The van der Waals surface area contributed by atoms with Crippen LogP contribution in [-0.4, -0.2) is 24.8 Å². The van der Waals surface area contributed by atoms with Gasteiger partial charge in [0.1, 0.15) is 0 Å². The number of nitrogens with one attached hydrogen (secondary N) is 1. The van der Waals surface area contributed by atoms with Crippen molar-refractivity contribution in [1.29, 1.82) is 0 Å². The molecule has 0 bridgehead atoms. The van der Waals surface area contributed by atoms with Gasteiger partial charge in [-0.1, -0.05) is 46.0 Å². The summed E-state index contributed by atoms with van der Waals surface area (Å²) >= 11 is 0. The maximum atomic E-state index is 6.46. The number of hydrogen-bond donors (Lipinski definition) is 1. The summed E-state index contributed by atoms with van der Waals surface area (Å²) < 4.78 is 6.46. The average Bonchev–Trinajstić information content (AvgIpc) is 3.16. The summed E-state index contributed by atoms with van der Waals surface area (Å²) in [5.74, 6) is 0.776. The average molecular weight is 267 g/mol. The Morgan fingerprint density at radius 1 is 1.21 bits per heavy atom. The van der Waals surface area contributed by atoms with E-state index in [4.69, 9.17) is 4.74 Å². The smallest absolute Gasteiger partial charge is 0.0806 e. The third-order valence-electron chi connectivity index (χ3n) is 4.97. The molecule has 0 spiro atoms. The molecule has 2 saturated carbocycles. The summed E-state index contributed by atoms with van der Waals surface area (Å²) in [5.41, 5.74) is 0.183. The Morgan fingerprint density at radius 3 is 2.53 bits per heavy atom. The van der Waals surface area contributed by atoms with E-state index in [9.17, 15) is 0 Å². The fourth-order valence-electron chi connectivity index (χ4n) is 3.20. The molecule has 0 saturated heterocycles. The minimum absolute atomic E-state index is 0.183. The third kappa shape index (κ3) is 5.07. The second-order valence-corrected chi connectivity index (χ2v) is 6.77. The van der Waals surface area contributed by atoms with Crippen molar-refractivity contribution in [2.75, 3.05) is 13.2 Å². The van der Waals surface area contributed by atoms with E-state index in [0.29, 0.717) is 0 Å². The van der Waals surface area contributed by atoms with Gasteiger partial charge in [-0.2, -0.15) is 0 Å². The Hall–Kier alpha value is -0.0800. The van der Waals surface area contributed by atoms with Crippen molar-refractivity contribution in [3.05, 3.63) is 0 Å². The van der Waals surface area contributed by atoms with Crippen LogP contribution in [0, 0.1) is 5.92 Å². The van der Waals surface area contributed by atoms with Crippen LogP contribution in [0.25, 0.3) is 0 Å². The molecule has 0 aromatic rings. The van der Waals surface area contributed by atoms with Gasteiger partial charge in [-0.25, -0.2) is 0 Å². The van der Waals surface area contributed by atoms with Gasteiger partial charge in [-0.15, -0.1) is 0 Å². The summed E-state index contributed by atoms with van der Waals surface area (Å²) in [4.78, 5) is 0. The van der Waals surface area contributed by atoms with Crippen molar-refractivity contribution in [1.82, 2.24) is 5.32 Å². The van der Waals surface area contributed by atoms with E-state index in [1.54, 1.807) is 0 Å². The van der Waals surface area contributed by atoms with Crippen LogP contribution < -0.4 is 5.32 Å². The summed E-state index contributed by atoms with van der Waals surface area (Å²) in [6, 6.07) is 0.808. The lowest BCUT2D eigenvalue weighted by atomic mass is 9.98. The van der Waals surface area contributed by atoms with Gasteiger partial charge in [0.2, 0.25) is 0 Å². The van der Waals surface area contributed by atoms with Crippen LogP contribution in [0.15, 0.2) is 0 Å². The Kier molecular flexibility index (Phi) is 6.15. The van der Waals surface area contributed by atoms with Crippen molar-refractivity contribution >= 4 is 0 Å². The zero-order chi connectivity index (χ0) is 13.6. The van der Waals surface area contributed by atoms with Gasteiger partial charge >= 0.3 is 0 Å². The molecule has 0 heterocycles. The van der Waals surface area contributed by atoms with Crippen molar-refractivity contribution in [3.8, 4) is 0 Å². The fourth-order valence-corrected chi connectivity index (χ4v) is 3.20. The van der Waals surface area contributed by atoms with Gasteiger partial charge in [-0.05, 0) is 38.0 Å². The first-order valence-electron chi connectivity index (χ1n) is 8.65. The second-order valence-electron chi connectivity index (χ2n) is 6.77. The van der Waals surface area contributed by atoms with Gasteiger partial charge in [0, 0.05) is 12.6 Å². The van der Waals surface area contributed by atoms with Crippen LogP contribution in [0.4, 0.5) is 0 Å². The number of unbranched alkanes of at least 4 members (excludes halogenated alkanes) is 1. The Morgan fingerprint density at radius 2 is 1.95 bits per heavy atom. The monoisotopic (exact) mass is 267 g/mol. The quantitative estimate of drug-likeness (QED) is 0.638. The van der Waals surface area contributed by atoms with E-state index in [1.807, 2.05) is 0 Å². The minimum Gasteiger partial charge on any atom is -0.373 e. The summed E-state index contributed by atoms with van der Waals surface area (Å²) in [6.45, 7) is 6.68. The largest absolute Gasteiger partial charge is 0.373 e. The molecule has 112 valence electrons. The molecule has 2 heteroatoms. The molecule has 1 atom stereocenters. The van der Waals surface area contributed by atoms with Gasteiger partial charge in [0.25, 0.3) is 0 Å². The summed E-state index contributed by atoms with van der Waals surface area (Å²) in [6.07, 6.45) is 13.3. The zero-order valence-corrected chi connectivity index (χ0v) is 13.0. The summed E-state index contributed by atoms with van der Waals surface area (Å²) in [5, 5.41) is 3.70. The van der Waals surface area contributed by atoms with E-state index in [1.165, 1.54) is 64.2 Å². The SMILES string of the molecule is CCCCC(CC)COC1(CNC2CC2)CCCC1. The van der Waals surface area contributed by atoms with Crippen LogP contribution in [0.1, 0.15) is 78.1 Å². The molecule has 2 rings (SSSR count). The number of ether oxygens (including phenoxy) is 1. The molecule has 0 aliphatic heterocycles. The summed E-state index contributed by atoms with van der Waals surface area (Å²) in [7, 11) is 0. The molecular weight excluding hydrogens is 234 g/mol. The van der Waals surface area contributed by atoms with E-state index in [0.717, 1.165) is 25.1 Å². The third-order valence-corrected chi connectivity index (χ3v) is 4.97. The number of hydrogen-bond acceptors (Lipinski definition) is 2. The molecule has 2 fully saturated rings. The highest BCUT2D eigenvalue weighted by molar-refractivity contribution is 4.92. The maximum absolute atomic E-state index is 6.46. The van der Waals surface area contributed by atoms with E-state index in [-0.39, 0.29) is 5.60 Å². The first kappa shape index (κ1) is 15.3. The second kappa shape index (κ2) is 7.64. The number of rotatable bonds is 10. The van der Waals surface area contributed by atoms with E-state index >= 15 is 0 Å². The molecular formula is C17H33NO. The fraction of sp³-hybridized carbons (Fsp3) is 1.00. The molecule has 2 nitrogen and oxygen atoms in total. The topological polar surface area (TPSA) is 21.3 Å². The molecule has 2 aliphatic carbocycles. The molecule has 0 amide bonds. The van der Waals surface area contributed by atoms with Gasteiger partial charge in [-0.3, -0.25) is 0 Å². The highest BCUT2D eigenvalue weighted by Gasteiger charge is 2.36. The van der Waals surface area contributed by atoms with Crippen LogP contribution in [0.3, 0.4) is 0 Å². The van der Waals surface area contributed by atoms with Gasteiger partial charge in [0.15, 0.2) is 0 Å². The van der Waals surface area contributed by atoms with Crippen LogP contribution >= 0.6 is 0 Å². The van der Waals surface area contributed by atoms with Crippen molar-refractivity contribution < 1.29 is 4.74 Å². The Labute approximate surface area is 119 Å². The Balaban J connectivity index is 1.74. The maximum Gasteiger partial charge on any atom is 0.0806 e. The van der Waals surface area contributed by atoms with Crippen LogP contribution in [0.2, 0.25) is 0 Å². The highest BCUT2D eigenvalue weighted by Crippen LogP contribution is 2.34. The van der Waals surface area contributed by atoms with Crippen LogP contribution in [0.5, 0.6) is 0 Å². The minimum atomic E-state index is 0.183. The standard InChI is InChI=1S/C17H33NO/c1-3-5-8-15(4-2)13-19-17(11-6-7-12-17)14-18-16-9-10-16/h15-16,18H,3-14H2,1-2H3. The van der Waals surface area contributed by atoms with Crippen LogP contribution in [-0.2, 0) is 4.74 Å². The zero-order valence-electron chi connectivity index (χ0n) is 13.0. The molecule has 0 aromatic carbocycles. The lowest BCUT2D eigenvalue weighted by Crippen LogP contribution is -2.42. The molecule has 1 N–H and O–H groups in total. The molecule has 1 unspecified atom stereocenters. The lowest BCUT2D eigenvalue weighted by molar-refractivity contribution is -0.0569. The predicted octanol–water partition coefficient (Wildman–Crippen LogP) is 4.28. The first-order chi connectivity index (χ1) is 9.28. The normalized spacial score (nSPS) is 23.7. The molecule has 2 aliphatic rings. The van der Waals surface area contributed by atoms with Gasteiger partial charge < -0.3 is 10.1 Å². The molecule has 0 aromatic heterocycles.